The molecule has 5 heteroatoms. The first-order chi connectivity index (χ1) is 7.70. The molecule has 1 fully saturated rings. The molecule has 1 aliphatic rings. The Morgan fingerprint density at radius 2 is 2.19 bits per heavy atom. The van der Waals surface area contributed by atoms with E-state index in [0.29, 0.717) is 5.75 Å². The molecule has 82 valence electrons. The fraction of sp³-hybridized carbons (Fsp3) is 0.0909. The van der Waals surface area contributed by atoms with Gasteiger partial charge in [0.05, 0.1) is 7.11 Å². The molecule has 0 bridgehead atoms. The monoisotopic (exact) mass is 235 g/mol. The Kier molecular flexibility index (Phi) is 2.87. The predicted molar refractivity (Wildman–Crippen MR) is 62.8 cm³/mol. The summed E-state index contributed by atoms with van der Waals surface area (Å²) >= 11 is 4.72. The Morgan fingerprint density at radius 3 is 2.81 bits per heavy atom. The van der Waals surface area contributed by atoms with Crippen molar-refractivity contribution in [1.29, 1.82) is 0 Å². The molecular formula is C11H9NO3S. The quantitative estimate of drug-likeness (QED) is 0.623. The lowest BCUT2D eigenvalue weighted by molar-refractivity contribution is -0.116. The minimum atomic E-state index is -0.337. The van der Waals surface area contributed by atoms with Crippen LogP contribution in [0, 0.1) is 0 Å². The minimum absolute atomic E-state index is 0.0751. The summed E-state index contributed by atoms with van der Waals surface area (Å²) < 4.78 is 10.2. The zero-order chi connectivity index (χ0) is 11.5. The van der Waals surface area contributed by atoms with Crippen LogP contribution in [-0.2, 0) is 9.53 Å². The molecule has 0 atom stereocenters. The molecule has 0 radical (unpaired) electrons. The Morgan fingerprint density at radius 1 is 1.44 bits per heavy atom. The van der Waals surface area contributed by atoms with E-state index < -0.39 is 0 Å². The van der Waals surface area contributed by atoms with Gasteiger partial charge in [-0.2, -0.15) is 0 Å². The zero-order valence-corrected chi connectivity index (χ0v) is 9.34. The van der Waals surface area contributed by atoms with Crippen molar-refractivity contribution in [2.45, 2.75) is 0 Å². The molecule has 2 rings (SSSR count). The fourth-order valence-electron chi connectivity index (χ4n) is 1.35. The normalized spacial score (nSPS) is 17.2. The molecule has 1 aromatic carbocycles. The van der Waals surface area contributed by atoms with Crippen LogP contribution < -0.4 is 10.1 Å². The van der Waals surface area contributed by atoms with E-state index in [1.54, 1.807) is 19.3 Å². The smallest absolute Gasteiger partial charge is 0.294 e. The van der Waals surface area contributed by atoms with Crippen molar-refractivity contribution in [2.75, 3.05) is 7.11 Å². The SMILES string of the molecule is COc1ccccc1C=C1OC(=S)NC1=O. The van der Waals surface area contributed by atoms with Gasteiger partial charge in [-0.3, -0.25) is 10.1 Å². The van der Waals surface area contributed by atoms with E-state index in [0.717, 1.165) is 5.56 Å². The molecule has 1 aromatic rings. The molecule has 16 heavy (non-hydrogen) atoms. The van der Waals surface area contributed by atoms with Gasteiger partial charge in [-0.25, -0.2) is 0 Å². The molecule has 4 nitrogen and oxygen atoms in total. The molecule has 0 aromatic heterocycles. The van der Waals surface area contributed by atoms with E-state index in [-0.39, 0.29) is 16.8 Å². The summed E-state index contributed by atoms with van der Waals surface area (Å²) in [5.41, 5.74) is 0.764. The van der Waals surface area contributed by atoms with Crippen molar-refractivity contribution >= 4 is 29.4 Å². The first-order valence-corrected chi connectivity index (χ1v) is 4.99. The van der Waals surface area contributed by atoms with Crippen LogP contribution in [0.4, 0.5) is 0 Å². The van der Waals surface area contributed by atoms with Crippen LogP contribution in [0.2, 0.25) is 0 Å². The van der Waals surface area contributed by atoms with E-state index in [9.17, 15) is 4.79 Å². The number of amides is 1. The summed E-state index contributed by atoms with van der Waals surface area (Å²) in [7, 11) is 1.57. The number of methoxy groups -OCH3 is 1. The molecule has 0 aliphatic carbocycles. The molecule has 0 saturated carbocycles. The lowest BCUT2D eigenvalue weighted by atomic mass is 10.2. The summed E-state index contributed by atoms with van der Waals surface area (Å²) in [6.07, 6.45) is 1.59. The maximum atomic E-state index is 11.4. The lowest BCUT2D eigenvalue weighted by Gasteiger charge is -2.03. The molecule has 1 aliphatic heterocycles. The van der Waals surface area contributed by atoms with E-state index >= 15 is 0 Å². The van der Waals surface area contributed by atoms with E-state index in [1.807, 2.05) is 18.2 Å². The minimum Gasteiger partial charge on any atom is -0.496 e. The second-order valence-corrected chi connectivity index (χ2v) is 3.46. The van der Waals surface area contributed by atoms with E-state index in [2.05, 4.69) is 5.32 Å². The molecule has 1 saturated heterocycles. The summed E-state index contributed by atoms with van der Waals surface area (Å²) in [6.45, 7) is 0. The van der Waals surface area contributed by atoms with Crippen molar-refractivity contribution in [1.82, 2.24) is 5.32 Å². The summed E-state index contributed by atoms with van der Waals surface area (Å²) in [5, 5.41) is 2.46. The summed E-state index contributed by atoms with van der Waals surface area (Å²) in [4.78, 5) is 11.4. The topological polar surface area (TPSA) is 47.6 Å². The van der Waals surface area contributed by atoms with Crippen LogP contribution in [0.3, 0.4) is 0 Å². The van der Waals surface area contributed by atoms with Crippen molar-refractivity contribution in [3.63, 3.8) is 0 Å². The Hall–Kier alpha value is -1.88. The van der Waals surface area contributed by atoms with Crippen LogP contribution in [-0.4, -0.2) is 18.2 Å². The molecule has 0 unspecified atom stereocenters. The standard InChI is InChI=1S/C11H9NO3S/c1-14-8-5-3-2-4-7(8)6-9-10(13)12-11(16)15-9/h2-6H,1H3,(H,12,13,16). The number of rotatable bonds is 2. The lowest BCUT2D eigenvalue weighted by Crippen LogP contribution is -2.18. The largest absolute Gasteiger partial charge is 0.496 e. The van der Waals surface area contributed by atoms with Gasteiger partial charge in [-0.15, -0.1) is 0 Å². The van der Waals surface area contributed by atoms with Crippen molar-refractivity contribution in [3.8, 4) is 5.75 Å². The molecule has 1 N–H and O–H groups in total. The molecular weight excluding hydrogens is 226 g/mol. The first-order valence-electron chi connectivity index (χ1n) is 4.58. The van der Waals surface area contributed by atoms with Gasteiger partial charge in [0.15, 0.2) is 5.76 Å². The van der Waals surface area contributed by atoms with Crippen LogP contribution in [0.5, 0.6) is 5.75 Å². The van der Waals surface area contributed by atoms with Gasteiger partial charge in [-0.05, 0) is 24.4 Å². The van der Waals surface area contributed by atoms with Crippen molar-refractivity contribution < 1.29 is 14.3 Å². The molecule has 0 spiro atoms. The van der Waals surface area contributed by atoms with Gasteiger partial charge in [0, 0.05) is 5.56 Å². The third kappa shape index (κ3) is 2.04. The van der Waals surface area contributed by atoms with Gasteiger partial charge >= 0.3 is 0 Å². The fourth-order valence-corrected chi connectivity index (χ4v) is 1.53. The number of nitrogens with one attached hydrogen (secondary N) is 1. The highest BCUT2D eigenvalue weighted by Gasteiger charge is 2.23. The van der Waals surface area contributed by atoms with Gasteiger partial charge in [0.2, 0.25) is 0 Å². The number of para-hydroxylation sites is 1. The Bertz CT molecular complexity index is 482. The maximum Gasteiger partial charge on any atom is 0.294 e. The van der Waals surface area contributed by atoms with E-state index in [4.69, 9.17) is 21.7 Å². The number of thiocarbonyl (C=S) groups is 1. The summed E-state index contributed by atoms with van der Waals surface area (Å²) in [5.74, 6) is 0.509. The number of carbonyl (C=O) groups is 1. The average Bonchev–Trinajstić information content (AvgIpc) is 2.58. The third-order valence-electron chi connectivity index (χ3n) is 2.07. The van der Waals surface area contributed by atoms with Gasteiger partial charge in [0.1, 0.15) is 5.75 Å². The van der Waals surface area contributed by atoms with Gasteiger partial charge < -0.3 is 9.47 Å². The second-order valence-electron chi connectivity index (χ2n) is 3.09. The summed E-state index contributed by atoms with van der Waals surface area (Å²) in [6, 6.07) is 7.32. The van der Waals surface area contributed by atoms with Crippen molar-refractivity contribution in [2.24, 2.45) is 0 Å². The zero-order valence-electron chi connectivity index (χ0n) is 8.52. The van der Waals surface area contributed by atoms with Crippen LogP contribution in [0.15, 0.2) is 30.0 Å². The highest BCUT2D eigenvalue weighted by atomic mass is 32.1. The highest BCUT2D eigenvalue weighted by Crippen LogP contribution is 2.21. The molecule has 1 heterocycles. The van der Waals surface area contributed by atoms with Crippen LogP contribution in [0.25, 0.3) is 6.08 Å². The van der Waals surface area contributed by atoms with Gasteiger partial charge in [-0.1, -0.05) is 18.2 Å². The maximum absolute atomic E-state index is 11.4. The van der Waals surface area contributed by atoms with Crippen molar-refractivity contribution in [3.05, 3.63) is 35.6 Å². The predicted octanol–water partition coefficient (Wildman–Crippen LogP) is 1.47. The van der Waals surface area contributed by atoms with E-state index in [1.165, 1.54) is 0 Å². The number of hydrogen-bond donors (Lipinski definition) is 1. The highest BCUT2D eigenvalue weighted by molar-refractivity contribution is 7.80. The number of benzene rings is 1. The number of hydrogen-bond acceptors (Lipinski definition) is 4. The average molecular weight is 235 g/mol. The number of ether oxygens (including phenoxy) is 2. The van der Waals surface area contributed by atoms with Gasteiger partial charge in [0.25, 0.3) is 11.1 Å². The van der Waals surface area contributed by atoms with Crippen LogP contribution >= 0.6 is 12.2 Å². The third-order valence-corrected chi connectivity index (χ3v) is 2.25. The number of carbonyl (C=O) groups excluding carboxylic acids is 1. The Labute approximate surface area is 97.9 Å². The second kappa shape index (κ2) is 4.32. The molecule has 1 amide bonds. The Balaban J connectivity index is 2.36. The first kappa shape index (κ1) is 10.6. The van der Waals surface area contributed by atoms with Crippen LogP contribution in [0.1, 0.15) is 5.56 Å².